The van der Waals surface area contributed by atoms with Gasteiger partial charge in [0.2, 0.25) is 0 Å². The van der Waals surface area contributed by atoms with E-state index in [9.17, 15) is 14.4 Å². The fourth-order valence-electron chi connectivity index (χ4n) is 2.85. The Morgan fingerprint density at radius 1 is 1.18 bits per heavy atom. The van der Waals surface area contributed by atoms with Gasteiger partial charge in [-0.2, -0.15) is 0 Å². The maximum atomic E-state index is 11.7. The van der Waals surface area contributed by atoms with Crippen LogP contribution in [0.3, 0.4) is 0 Å². The number of rotatable bonds is 3. The number of allylic oxidation sites excluding steroid dienone is 2. The van der Waals surface area contributed by atoms with E-state index in [1.165, 1.54) is 6.92 Å². The van der Waals surface area contributed by atoms with Gasteiger partial charge in [-0.25, -0.2) is 0 Å². The summed E-state index contributed by atoms with van der Waals surface area (Å²) in [6.45, 7) is 3.48. The minimum atomic E-state index is -0.464. The summed E-state index contributed by atoms with van der Waals surface area (Å²) in [5.41, 5.74) is 0. The zero-order valence-electron chi connectivity index (χ0n) is 10.0. The summed E-state index contributed by atoms with van der Waals surface area (Å²) in [5.74, 6) is -1.83. The smallest absolute Gasteiger partial charge is 0.318 e. The van der Waals surface area contributed by atoms with Crippen molar-refractivity contribution in [2.45, 2.75) is 26.7 Å². The Hall–Kier alpha value is -1.45. The van der Waals surface area contributed by atoms with Crippen LogP contribution in [0.1, 0.15) is 26.7 Å². The molecule has 0 aromatic rings. The van der Waals surface area contributed by atoms with Crippen LogP contribution in [0.2, 0.25) is 0 Å². The molecule has 4 atom stereocenters. The van der Waals surface area contributed by atoms with E-state index in [1.54, 1.807) is 0 Å². The van der Waals surface area contributed by atoms with Gasteiger partial charge in [-0.15, -0.1) is 0 Å². The third-order valence-corrected chi connectivity index (χ3v) is 3.66. The largest absolute Gasteiger partial charge is 0.393 e. The van der Waals surface area contributed by atoms with Crippen molar-refractivity contribution >= 4 is 17.7 Å². The Labute approximate surface area is 100 Å². The third-order valence-electron chi connectivity index (χ3n) is 3.66. The van der Waals surface area contributed by atoms with Crippen molar-refractivity contribution in [3.8, 4) is 0 Å². The van der Waals surface area contributed by atoms with Crippen LogP contribution in [0.4, 0.5) is 0 Å². The number of carbonyl (C=O) groups is 3. The lowest BCUT2D eigenvalue weighted by molar-refractivity contribution is -0.154. The van der Waals surface area contributed by atoms with Gasteiger partial charge in [-0.1, -0.05) is 19.1 Å². The van der Waals surface area contributed by atoms with Crippen LogP contribution >= 0.6 is 0 Å². The molecule has 0 radical (unpaired) electrons. The van der Waals surface area contributed by atoms with Crippen molar-refractivity contribution in [1.82, 2.24) is 0 Å². The van der Waals surface area contributed by atoms with E-state index in [1.807, 2.05) is 19.1 Å². The fraction of sp³-hybridized carbons (Fsp3) is 0.615. The molecular formula is C13H16O4. The van der Waals surface area contributed by atoms with E-state index < -0.39 is 17.9 Å². The molecule has 92 valence electrons. The second-order valence-electron chi connectivity index (χ2n) is 4.82. The molecule has 1 heterocycles. The molecule has 4 unspecified atom stereocenters. The lowest BCUT2D eigenvalue weighted by Crippen LogP contribution is -2.34. The SMILES string of the molecule is CCC1C=CC(CC(C)=O)C2C(=O)OC(=O)C12. The van der Waals surface area contributed by atoms with Gasteiger partial charge in [0.15, 0.2) is 0 Å². The van der Waals surface area contributed by atoms with E-state index in [-0.39, 0.29) is 23.5 Å². The second-order valence-corrected chi connectivity index (χ2v) is 4.82. The molecule has 17 heavy (non-hydrogen) atoms. The minimum absolute atomic E-state index is 0.0282. The Morgan fingerprint density at radius 3 is 2.24 bits per heavy atom. The molecule has 1 fully saturated rings. The molecule has 0 aromatic carbocycles. The first-order valence-electron chi connectivity index (χ1n) is 5.98. The van der Waals surface area contributed by atoms with E-state index in [2.05, 4.69) is 0 Å². The number of ether oxygens (including phenoxy) is 1. The summed E-state index contributed by atoms with van der Waals surface area (Å²) in [6.07, 6.45) is 4.95. The summed E-state index contributed by atoms with van der Waals surface area (Å²) < 4.78 is 4.72. The zero-order valence-corrected chi connectivity index (χ0v) is 10.0. The summed E-state index contributed by atoms with van der Waals surface area (Å²) >= 11 is 0. The third kappa shape index (κ3) is 2.04. The monoisotopic (exact) mass is 236 g/mol. The number of hydrogen-bond donors (Lipinski definition) is 0. The molecule has 0 spiro atoms. The lowest BCUT2D eigenvalue weighted by Gasteiger charge is -2.29. The standard InChI is InChI=1S/C13H16O4/c1-3-8-4-5-9(6-7(2)14)11-10(8)12(15)17-13(11)16/h4-5,8-11H,3,6H2,1-2H3. The Kier molecular flexibility index (Phi) is 3.13. The molecule has 0 amide bonds. The van der Waals surface area contributed by atoms with Crippen molar-refractivity contribution in [3.63, 3.8) is 0 Å². The number of cyclic esters (lactones) is 2. The zero-order chi connectivity index (χ0) is 12.6. The van der Waals surface area contributed by atoms with Gasteiger partial charge in [-0.05, 0) is 25.2 Å². The molecule has 1 saturated heterocycles. The van der Waals surface area contributed by atoms with Crippen LogP contribution < -0.4 is 0 Å². The maximum absolute atomic E-state index is 11.7. The van der Waals surface area contributed by atoms with Crippen molar-refractivity contribution in [2.75, 3.05) is 0 Å². The van der Waals surface area contributed by atoms with Gasteiger partial charge < -0.3 is 9.53 Å². The fourth-order valence-corrected chi connectivity index (χ4v) is 2.85. The molecular weight excluding hydrogens is 220 g/mol. The Balaban J connectivity index is 2.30. The van der Waals surface area contributed by atoms with Crippen LogP contribution in [-0.4, -0.2) is 17.7 Å². The Bertz CT molecular complexity index is 396. The predicted octanol–water partition coefficient (Wildman–Crippen LogP) is 1.49. The number of ketones is 1. The van der Waals surface area contributed by atoms with Crippen LogP contribution in [0.15, 0.2) is 12.2 Å². The predicted molar refractivity (Wildman–Crippen MR) is 59.8 cm³/mol. The van der Waals surface area contributed by atoms with Crippen LogP contribution in [-0.2, 0) is 19.1 Å². The number of hydrogen-bond acceptors (Lipinski definition) is 4. The first-order chi connectivity index (χ1) is 8.04. The van der Waals surface area contributed by atoms with Crippen LogP contribution in [0.25, 0.3) is 0 Å². The van der Waals surface area contributed by atoms with E-state index >= 15 is 0 Å². The number of Topliss-reactive ketones (excluding diaryl/α,β-unsaturated/α-hetero) is 1. The highest BCUT2D eigenvalue weighted by molar-refractivity contribution is 5.97. The molecule has 0 aromatic heterocycles. The molecule has 1 aliphatic heterocycles. The molecule has 4 nitrogen and oxygen atoms in total. The second kappa shape index (κ2) is 4.43. The topological polar surface area (TPSA) is 60.4 Å². The number of fused-ring (bicyclic) bond motifs is 1. The molecule has 0 saturated carbocycles. The molecule has 2 aliphatic rings. The van der Waals surface area contributed by atoms with E-state index in [0.717, 1.165) is 6.42 Å². The lowest BCUT2D eigenvalue weighted by atomic mass is 9.69. The highest BCUT2D eigenvalue weighted by atomic mass is 16.6. The summed E-state index contributed by atoms with van der Waals surface area (Å²) in [4.78, 5) is 34.5. The van der Waals surface area contributed by atoms with Gasteiger partial charge in [0.25, 0.3) is 0 Å². The average molecular weight is 236 g/mol. The average Bonchev–Trinajstić information content (AvgIpc) is 2.55. The molecule has 2 rings (SSSR count). The van der Waals surface area contributed by atoms with E-state index in [0.29, 0.717) is 6.42 Å². The maximum Gasteiger partial charge on any atom is 0.318 e. The molecule has 0 bridgehead atoms. The van der Waals surface area contributed by atoms with Gasteiger partial charge in [0.05, 0.1) is 11.8 Å². The molecule has 0 N–H and O–H groups in total. The number of esters is 2. The van der Waals surface area contributed by atoms with Crippen LogP contribution in [0, 0.1) is 23.7 Å². The van der Waals surface area contributed by atoms with Crippen molar-refractivity contribution < 1.29 is 19.1 Å². The van der Waals surface area contributed by atoms with Crippen molar-refractivity contribution in [2.24, 2.45) is 23.7 Å². The van der Waals surface area contributed by atoms with Crippen LogP contribution in [0.5, 0.6) is 0 Å². The first kappa shape index (κ1) is 12.0. The summed E-state index contributed by atoms with van der Waals surface area (Å²) in [7, 11) is 0. The van der Waals surface area contributed by atoms with Gasteiger partial charge >= 0.3 is 11.9 Å². The normalized spacial score (nSPS) is 35.6. The quantitative estimate of drug-likeness (QED) is 0.423. The van der Waals surface area contributed by atoms with Gasteiger partial charge in [-0.3, -0.25) is 9.59 Å². The minimum Gasteiger partial charge on any atom is -0.393 e. The number of carbonyl (C=O) groups excluding carboxylic acids is 3. The summed E-state index contributed by atoms with van der Waals surface area (Å²) in [5, 5.41) is 0. The molecule has 1 aliphatic carbocycles. The van der Waals surface area contributed by atoms with Gasteiger partial charge in [0.1, 0.15) is 5.78 Å². The van der Waals surface area contributed by atoms with Crippen molar-refractivity contribution in [3.05, 3.63) is 12.2 Å². The first-order valence-corrected chi connectivity index (χ1v) is 5.98. The van der Waals surface area contributed by atoms with Gasteiger partial charge in [0, 0.05) is 6.42 Å². The summed E-state index contributed by atoms with van der Waals surface area (Å²) in [6, 6.07) is 0. The van der Waals surface area contributed by atoms with Crippen molar-refractivity contribution in [1.29, 1.82) is 0 Å². The highest BCUT2D eigenvalue weighted by Crippen LogP contribution is 2.42. The van der Waals surface area contributed by atoms with E-state index in [4.69, 9.17) is 4.74 Å². The highest BCUT2D eigenvalue weighted by Gasteiger charge is 2.51. The molecule has 4 heteroatoms. The Morgan fingerprint density at radius 2 is 1.71 bits per heavy atom.